The number of rotatable bonds is 6. The summed E-state index contributed by atoms with van der Waals surface area (Å²) in [6, 6.07) is 11.8. The van der Waals surface area contributed by atoms with Crippen molar-refractivity contribution in [3.05, 3.63) is 62.7 Å². The number of esters is 1. The minimum absolute atomic E-state index is 0.110. The van der Waals surface area contributed by atoms with Crippen LogP contribution < -0.4 is 5.01 Å². The van der Waals surface area contributed by atoms with Crippen molar-refractivity contribution in [2.45, 2.75) is 26.7 Å². The fourth-order valence-corrected chi connectivity index (χ4v) is 3.46. The number of carbonyl (C=O) groups is 2. The maximum atomic E-state index is 13.1. The van der Waals surface area contributed by atoms with Crippen LogP contribution in [0.15, 0.2) is 53.1 Å². The van der Waals surface area contributed by atoms with Crippen LogP contribution in [-0.2, 0) is 9.53 Å². The summed E-state index contributed by atoms with van der Waals surface area (Å²) < 4.78 is 5.94. The molecule has 0 spiro atoms. The summed E-state index contributed by atoms with van der Waals surface area (Å²) in [6.07, 6.45) is 3.15. The molecule has 0 radical (unpaired) electrons. The highest BCUT2D eigenvalue weighted by atomic mass is 127. The van der Waals surface area contributed by atoms with E-state index in [9.17, 15) is 14.7 Å². The SMILES string of the molecule is CCCC1=NN(c2ccc(C(=O)OCC)cc2)C(=O)C1=Cc1cc(I)ccc1O. The second-order valence-electron chi connectivity index (χ2n) is 6.44. The van der Waals surface area contributed by atoms with Gasteiger partial charge in [0.15, 0.2) is 0 Å². The van der Waals surface area contributed by atoms with Crippen LogP contribution in [0.25, 0.3) is 6.08 Å². The molecule has 0 aromatic heterocycles. The van der Waals surface area contributed by atoms with Crippen molar-refractivity contribution in [2.24, 2.45) is 5.10 Å². The van der Waals surface area contributed by atoms with E-state index in [4.69, 9.17) is 4.74 Å². The van der Waals surface area contributed by atoms with E-state index >= 15 is 0 Å². The van der Waals surface area contributed by atoms with Gasteiger partial charge >= 0.3 is 5.97 Å². The van der Waals surface area contributed by atoms with Crippen LogP contribution in [0.3, 0.4) is 0 Å². The van der Waals surface area contributed by atoms with Gasteiger partial charge in [0.2, 0.25) is 0 Å². The van der Waals surface area contributed by atoms with E-state index < -0.39 is 5.97 Å². The topological polar surface area (TPSA) is 79.2 Å². The van der Waals surface area contributed by atoms with Crippen molar-refractivity contribution < 1.29 is 19.4 Å². The minimum Gasteiger partial charge on any atom is -0.507 e. The lowest BCUT2D eigenvalue weighted by molar-refractivity contribution is -0.114. The molecule has 0 saturated heterocycles. The van der Waals surface area contributed by atoms with Crippen LogP contribution in [0.2, 0.25) is 0 Å². The highest BCUT2D eigenvalue weighted by molar-refractivity contribution is 14.1. The van der Waals surface area contributed by atoms with E-state index in [1.54, 1.807) is 49.4 Å². The Morgan fingerprint density at radius 1 is 1.21 bits per heavy atom. The molecule has 150 valence electrons. The number of amides is 1. The first-order chi connectivity index (χ1) is 13.9. The molecule has 1 N–H and O–H groups in total. The number of benzene rings is 2. The van der Waals surface area contributed by atoms with E-state index in [-0.39, 0.29) is 11.7 Å². The van der Waals surface area contributed by atoms with Gasteiger partial charge in [-0.1, -0.05) is 13.3 Å². The number of aromatic hydroxyl groups is 1. The van der Waals surface area contributed by atoms with Crippen molar-refractivity contribution in [3.8, 4) is 5.75 Å². The molecule has 1 heterocycles. The first-order valence-corrected chi connectivity index (χ1v) is 10.4. The molecule has 1 aliphatic heterocycles. The summed E-state index contributed by atoms with van der Waals surface area (Å²) in [5.74, 6) is -0.564. The predicted molar refractivity (Wildman–Crippen MR) is 121 cm³/mol. The summed E-state index contributed by atoms with van der Waals surface area (Å²) in [6.45, 7) is 4.07. The molecule has 0 unspecified atom stereocenters. The number of phenolic OH excluding ortho intramolecular Hbond substituents is 1. The van der Waals surface area contributed by atoms with Gasteiger partial charge < -0.3 is 9.84 Å². The quantitative estimate of drug-likeness (QED) is 0.350. The van der Waals surface area contributed by atoms with E-state index in [1.165, 1.54) is 5.01 Å². The number of halogens is 1. The van der Waals surface area contributed by atoms with E-state index in [2.05, 4.69) is 27.7 Å². The zero-order valence-corrected chi connectivity index (χ0v) is 18.3. The molecular formula is C22H21IN2O4. The average Bonchev–Trinajstić information content (AvgIpc) is 3.01. The zero-order valence-electron chi connectivity index (χ0n) is 16.2. The number of ether oxygens (including phenoxy) is 1. The smallest absolute Gasteiger partial charge is 0.338 e. The highest BCUT2D eigenvalue weighted by Crippen LogP contribution is 2.29. The van der Waals surface area contributed by atoms with Gasteiger partial charge in [0, 0.05) is 9.13 Å². The third-order valence-electron chi connectivity index (χ3n) is 4.35. The second kappa shape index (κ2) is 9.21. The molecule has 1 aliphatic rings. The molecule has 0 bridgehead atoms. The number of hydrazone groups is 1. The fourth-order valence-electron chi connectivity index (χ4n) is 2.95. The number of hydrogen-bond donors (Lipinski definition) is 1. The third-order valence-corrected chi connectivity index (χ3v) is 5.02. The van der Waals surface area contributed by atoms with E-state index in [1.807, 2.05) is 13.0 Å². The maximum Gasteiger partial charge on any atom is 0.338 e. The lowest BCUT2D eigenvalue weighted by Gasteiger charge is -2.12. The molecule has 29 heavy (non-hydrogen) atoms. The van der Waals surface area contributed by atoms with Crippen LogP contribution in [0, 0.1) is 3.57 Å². The number of hydrogen-bond acceptors (Lipinski definition) is 5. The normalized spacial score (nSPS) is 15.0. The van der Waals surface area contributed by atoms with Gasteiger partial charge in [0.05, 0.1) is 29.1 Å². The molecule has 6 nitrogen and oxygen atoms in total. The maximum absolute atomic E-state index is 13.1. The Morgan fingerprint density at radius 2 is 1.93 bits per heavy atom. The summed E-state index contributed by atoms with van der Waals surface area (Å²) in [5.41, 5.74) is 2.68. The Morgan fingerprint density at radius 3 is 2.59 bits per heavy atom. The number of nitrogens with zero attached hydrogens (tertiary/aromatic N) is 2. The average molecular weight is 504 g/mol. The van der Waals surface area contributed by atoms with Gasteiger partial charge in [-0.05, 0) is 84.5 Å². The summed E-state index contributed by atoms with van der Waals surface area (Å²) in [4.78, 5) is 24.9. The Hall–Kier alpha value is -2.68. The summed E-state index contributed by atoms with van der Waals surface area (Å²) in [5, 5.41) is 16.0. The Kier molecular flexibility index (Phi) is 6.68. The van der Waals surface area contributed by atoms with Gasteiger partial charge in [-0.15, -0.1) is 0 Å². The molecule has 2 aromatic carbocycles. The van der Waals surface area contributed by atoms with E-state index in [0.29, 0.717) is 41.1 Å². The molecular weight excluding hydrogens is 483 g/mol. The van der Waals surface area contributed by atoms with Crippen molar-refractivity contribution in [2.75, 3.05) is 11.6 Å². The fraction of sp³-hybridized carbons (Fsp3) is 0.227. The predicted octanol–water partition coefficient (Wildman–Crippen LogP) is 4.76. The monoisotopic (exact) mass is 504 g/mol. The molecule has 2 aromatic rings. The summed E-state index contributed by atoms with van der Waals surface area (Å²) in [7, 11) is 0. The number of anilines is 1. The Labute approximate surface area is 183 Å². The van der Waals surface area contributed by atoms with Crippen molar-refractivity contribution in [3.63, 3.8) is 0 Å². The number of phenols is 1. The first-order valence-electron chi connectivity index (χ1n) is 9.34. The highest BCUT2D eigenvalue weighted by Gasteiger charge is 2.31. The van der Waals surface area contributed by atoms with Crippen LogP contribution in [-0.4, -0.2) is 29.3 Å². The molecule has 0 aliphatic carbocycles. The van der Waals surface area contributed by atoms with Gasteiger partial charge in [-0.25, -0.2) is 4.79 Å². The van der Waals surface area contributed by atoms with Gasteiger partial charge in [0.25, 0.3) is 5.91 Å². The first kappa shape index (κ1) is 21.0. The molecule has 0 saturated carbocycles. The minimum atomic E-state index is -0.406. The second-order valence-corrected chi connectivity index (χ2v) is 7.69. The van der Waals surface area contributed by atoms with Crippen molar-refractivity contribution in [1.29, 1.82) is 0 Å². The summed E-state index contributed by atoms with van der Waals surface area (Å²) >= 11 is 2.16. The van der Waals surface area contributed by atoms with Crippen LogP contribution in [0.1, 0.15) is 42.6 Å². The lowest BCUT2D eigenvalue weighted by atomic mass is 10.0. The molecule has 1 amide bonds. The van der Waals surface area contributed by atoms with Crippen molar-refractivity contribution >= 4 is 51.9 Å². The van der Waals surface area contributed by atoms with Crippen LogP contribution in [0.4, 0.5) is 5.69 Å². The largest absolute Gasteiger partial charge is 0.507 e. The zero-order chi connectivity index (χ0) is 21.0. The molecule has 7 heteroatoms. The molecule has 0 atom stereocenters. The molecule has 0 fully saturated rings. The Balaban J connectivity index is 1.94. The van der Waals surface area contributed by atoms with Gasteiger partial charge in [-0.2, -0.15) is 10.1 Å². The third kappa shape index (κ3) is 4.67. The number of carbonyl (C=O) groups excluding carboxylic acids is 2. The van der Waals surface area contributed by atoms with Crippen molar-refractivity contribution in [1.82, 2.24) is 0 Å². The Bertz CT molecular complexity index is 996. The van der Waals surface area contributed by atoms with E-state index in [0.717, 1.165) is 9.99 Å². The van der Waals surface area contributed by atoms with Crippen LogP contribution in [0.5, 0.6) is 5.75 Å². The van der Waals surface area contributed by atoms with Gasteiger partial charge in [-0.3, -0.25) is 4.79 Å². The standard InChI is InChI=1S/C22H21IN2O4/c1-3-5-19-18(13-15-12-16(23)8-11-20(15)26)21(27)25(24-19)17-9-6-14(7-10-17)22(28)29-4-2/h6-13,26H,3-5H2,1-2H3. The van der Waals surface area contributed by atoms with Gasteiger partial charge in [0.1, 0.15) is 5.75 Å². The van der Waals surface area contributed by atoms with Crippen LogP contribution >= 0.6 is 22.6 Å². The molecule has 3 rings (SSSR count). The lowest BCUT2D eigenvalue weighted by Crippen LogP contribution is -2.21.